The Morgan fingerprint density at radius 3 is 2.52 bits per heavy atom. The Kier molecular flexibility index (Phi) is 4.62. The molecular formula is C16H20N2O3. The van der Waals surface area contributed by atoms with Gasteiger partial charge in [0.2, 0.25) is 0 Å². The van der Waals surface area contributed by atoms with Crippen molar-refractivity contribution in [3.63, 3.8) is 0 Å². The van der Waals surface area contributed by atoms with Crippen molar-refractivity contribution >= 4 is 5.97 Å². The molecule has 0 bridgehead atoms. The van der Waals surface area contributed by atoms with Crippen LogP contribution in [-0.4, -0.2) is 27.5 Å². The Morgan fingerprint density at radius 2 is 2.00 bits per heavy atom. The van der Waals surface area contributed by atoms with Crippen molar-refractivity contribution in [3.8, 4) is 11.4 Å². The number of aromatic nitrogens is 2. The smallest absolute Gasteiger partial charge is 0.339 e. The highest BCUT2D eigenvalue weighted by Gasteiger charge is 2.18. The molecule has 0 spiro atoms. The lowest BCUT2D eigenvalue weighted by molar-refractivity contribution is 0.0695. The predicted octanol–water partition coefficient (Wildman–Crippen LogP) is 3.17. The van der Waals surface area contributed by atoms with Crippen LogP contribution in [0.1, 0.15) is 36.8 Å². The molecule has 2 rings (SSSR count). The standard InChI is InChI=1S/C16H20N2O3/c1-4-21-13-7-5-12(6-8-13)18-15(9-11(2)3)14(10-17-18)16(19)20/h5-8,10-11H,4,9H2,1-3H3,(H,19,20). The molecule has 0 fully saturated rings. The van der Waals surface area contributed by atoms with E-state index < -0.39 is 5.97 Å². The molecule has 5 heteroatoms. The topological polar surface area (TPSA) is 64.4 Å². The number of carbonyl (C=O) groups is 1. The zero-order valence-corrected chi connectivity index (χ0v) is 12.5. The van der Waals surface area contributed by atoms with Crippen molar-refractivity contribution in [2.24, 2.45) is 5.92 Å². The van der Waals surface area contributed by atoms with Crippen molar-refractivity contribution in [2.45, 2.75) is 27.2 Å². The molecular weight excluding hydrogens is 268 g/mol. The molecule has 0 saturated carbocycles. The number of aromatic carboxylic acids is 1. The molecule has 1 aromatic carbocycles. The first-order valence-electron chi connectivity index (χ1n) is 7.06. The average molecular weight is 288 g/mol. The van der Waals surface area contributed by atoms with E-state index in [9.17, 15) is 9.90 Å². The monoisotopic (exact) mass is 288 g/mol. The summed E-state index contributed by atoms with van der Waals surface area (Å²) in [6, 6.07) is 7.49. The molecule has 0 radical (unpaired) electrons. The van der Waals surface area contributed by atoms with Crippen LogP contribution in [0.4, 0.5) is 0 Å². The van der Waals surface area contributed by atoms with Gasteiger partial charge < -0.3 is 9.84 Å². The average Bonchev–Trinajstić information content (AvgIpc) is 2.83. The predicted molar refractivity (Wildman–Crippen MR) is 80.2 cm³/mol. The Bertz CT molecular complexity index is 615. The first kappa shape index (κ1) is 15.1. The largest absolute Gasteiger partial charge is 0.494 e. The molecule has 0 aliphatic carbocycles. The van der Waals surface area contributed by atoms with Gasteiger partial charge in [0.15, 0.2) is 0 Å². The zero-order chi connectivity index (χ0) is 15.4. The third-order valence-electron chi connectivity index (χ3n) is 3.09. The summed E-state index contributed by atoms with van der Waals surface area (Å²) >= 11 is 0. The molecule has 1 aromatic heterocycles. The van der Waals surface area contributed by atoms with Crippen molar-refractivity contribution < 1.29 is 14.6 Å². The minimum atomic E-state index is -0.942. The Labute approximate surface area is 124 Å². The third kappa shape index (κ3) is 3.42. The molecule has 112 valence electrons. The van der Waals surface area contributed by atoms with Crippen molar-refractivity contribution in [1.29, 1.82) is 0 Å². The number of benzene rings is 1. The Balaban J connectivity index is 2.40. The molecule has 1 N–H and O–H groups in total. The van der Waals surface area contributed by atoms with E-state index in [1.54, 1.807) is 4.68 Å². The number of ether oxygens (including phenoxy) is 1. The fourth-order valence-corrected chi connectivity index (χ4v) is 2.21. The van der Waals surface area contributed by atoms with E-state index in [4.69, 9.17) is 4.74 Å². The van der Waals surface area contributed by atoms with Gasteiger partial charge in [0.1, 0.15) is 11.3 Å². The summed E-state index contributed by atoms with van der Waals surface area (Å²) in [5.74, 6) is 0.196. The molecule has 0 aliphatic heterocycles. The zero-order valence-electron chi connectivity index (χ0n) is 12.5. The molecule has 5 nitrogen and oxygen atoms in total. The first-order chi connectivity index (χ1) is 10.0. The van der Waals surface area contributed by atoms with Gasteiger partial charge in [0, 0.05) is 0 Å². The minimum absolute atomic E-state index is 0.262. The van der Waals surface area contributed by atoms with Gasteiger partial charge in [-0.1, -0.05) is 13.8 Å². The second kappa shape index (κ2) is 6.43. The lowest BCUT2D eigenvalue weighted by Crippen LogP contribution is -2.09. The highest BCUT2D eigenvalue weighted by molar-refractivity contribution is 5.88. The van der Waals surface area contributed by atoms with Gasteiger partial charge >= 0.3 is 5.97 Å². The third-order valence-corrected chi connectivity index (χ3v) is 3.09. The fraction of sp³-hybridized carbons (Fsp3) is 0.375. The maximum Gasteiger partial charge on any atom is 0.339 e. The van der Waals surface area contributed by atoms with Gasteiger partial charge in [-0.15, -0.1) is 0 Å². The molecule has 0 aliphatic rings. The molecule has 0 saturated heterocycles. The van der Waals surface area contributed by atoms with Crippen LogP contribution in [0.15, 0.2) is 30.5 Å². The fourth-order valence-electron chi connectivity index (χ4n) is 2.21. The number of hydrogen-bond acceptors (Lipinski definition) is 3. The highest BCUT2D eigenvalue weighted by atomic mass is 16.5. The Hall–Kier alpha value is -2.30. The number of carboxylic acid groups (broad SMARTS) is 1. The van der Waals surface area contributed by atoms with Crippen LogP contribution in [0, 0.1) is 5.92 Å². The van der Waals surface area contributed by atoms with E-state index in [1.807, 2.05) is 31.2 Å². The van der Waals surface area contributed by atoms with Crippen LogP contribution in [-0.2, 0) is 6.42 Å². The maximum absolute atomic E-state index is 11.3. The van der Waals surface area contributed by atoms with E-state index in [0.29, 0.717) is 18.9 Å². The maximum atomic E-state index is 11.3. The van der Waals surface area contributed by atoms with E-state index in [-0.39, 0.29) is 5.56 Å². The second-order valence-corrected chi connectivity index (χ2v) is 5.25. The SMILES string of the molecule is CCOc1ccc(-n2ncc(C(=O)O)c2CC(C)C)cc1. The highest BCUT2D eigenvalue weighted by Crippen LogP contribution is 2.21. The van der Waals surface area contributed by atoms with Crippen molar-refractivity contribution in [1.82, 2.24) is 9.78 Å². The summed E-state index contributed by atoms with van der Waals surface area (Å²) in [6.07, 6.45) is 2.07. The lowest BCUT2D eigenvalue weighted by atomic mass is 10.0. The van der Waals surface area contributed by atoms with Crippen LogP contribution >= 0.6 is 0 Å². The van der Waals surface area contributed by atoms with E-state index >= 15 is 0 Å². The summed E-state index contributed by atoms with van der Waals surface area (Å²) in [4.78, 5) is 11.3. The molecule has 21 heavy (non-hydrogen) atoms. The first-order valence-corrected chi connectivity index (χ1v) is 7.06. The Morgan fingerprint density at radius 1 is 1.33 bits per heavy atom. The molecule has 0 unspecified atom stereocenters. The van der Waals surface area contributed by atoms with E-state index in [1.165, 1.54) is 6.20 Å². The number of rotatable bonds is 6. The summed E-state index contributed by atoms with van der Waals surface area (Å²) in [5.41, 5.74) is 1.82. The number of nitrogens with zero attached hydrogens (tertiary/aromatic N) is 2. The van der Waals surface area contributed by atoms with Gasteiger partial charge in [0.25, 0.3) is 0 Å². The summed E-state index contributed by atoms with van der Waals surface area (Å²) in [7, 11) is 0. The van der Waals surface area contributed by atoms with E-state index in [2.05, 4.69) is 18.9 Å². The summed E-state index contributed by atoms with van der Waals surface area (Å²) in [5, 5.41) is 13.5. The van der Waals surface area contributed by atoms with Gasteiger partial charge in [-0.3, -0.25) is 0 Å². The second-order valence-electron chi connectivity index (χ2n) is 5.25. The van der Waals surface area contributed by atoms with Crippen molar-refractivity contribution in [3.05, 3.63) is 41.7 Å². The molecule has 2 aromatic rings. The van der Waals surface area contributed by atoms with Crippen LogP contribution in [0.25, 0.3) is 5.69 Å². The minimum Gasteiger partial charge on any atom is -0.494 e. The van der Waals surface area contributed by atoms with Crippen molar-refractivity contribution in [2.75, 3.05) is 6.61 Å². The van der Waals surface area contributed by atoms with Crippen LogP contribution < -0.4 is 4.74 Å². The van der Waals surface area contributed by atoms with Gasteiger partial charge in [-0.2, -0.15) is 5.10 Å². The quantitative estimate of drug-likeness (QED) is 0.886. The number of carboxylic acids is 1. The van der Waals surface area contributed by atoms with Gasteiger partial charge in [-0.05, 0) is 43.5 Å². The molecule has 0 amide bonds. The van der Waals surface area contributed by atoms with Gasteiger partial charge in [-0.25, -0.2) is 9.48 Å². The number of hydrogen-bond donors (Lipinski definition) is 1. The van der Waals surface area contributed by atoms with Gasteiger partial charge in [0.05, 0.1) is 24.2 Å². The summed E-state index contributed by atoms with van der Waals surface area (Å²) < 4.78 is 7.10. The lowest BCUT2D eigenvalue weighted by Gasteiger charge is -2.11. The van der Waals surface area contributed by atoms with E-state index in [0.717, 1.165) is 17.1 Å². The summed E-state index contributed by atoms with van der Waals surface area (Å²) in [6.45, 7) is 6.66. The molecule has 0 atom stereocenters. The molecule has 1 heterocycles. The van der Waals surface area contributed by atoms with Crippen LogP contribution in [0.2, 0.25) is 0 Å². The van der Waals surface area contributed by atoms with Crippen LogP contribution in [0.5, 0.6) is 5.75 Å². The van der Waals surface area contributed by atoms with Crippen LogP contribution in [0.3, 0.4) is 0 Å². The normalized spacial score (nSPS) is 10.9.